The first kappa shape index (κ1) is 36.8. The minimum atomic E-state index is -0.180. The zero-order chi connectivity index (χ0) is 41.0. The molecule has 0 atom stereocenters. The van der Waals surface area contributed by atoms with Gasteiger partial charge in [0.2, 0.25) is 0 Å². The maximum absolute atomic E-state index is 2.59. The van der Waals surface area contributed by atoms with Crippen LogP contribution in [0.3, 0.4) is 0 Å². The molecular weight excluding hydrogens is 751 g/mol. The molecular formula is C56H51NS2. The minimum Gasteiger partial charge on any atom is -0.310 e. The molecule has 2 aromatic heterocycles. The van der Waals surface area contributed by atoms with Gasteiger partial charge in [0.05, 0.1) is 5.69 Å². The first-order valence-corrected chi connectivity index (χ1v) is 22.8. The summed E-state index contributed by atoms with van der Waals surface area (Å²) in [5, 5.41) is 5.45. The number of fused-ring (bicyclic) bond motifs is 13. The summed E-state index contributed by atoms with van der Waals surface area (Å²) in [6, 6.07) is 49.2. The topological polar surface area (TPSA) is 3.24 Å². The van der Waals surface area contributed by atoms with Gasteiger partial charge in [-0.1, -0.05) is 148 Å². The van der Waals surface area contributed by atoms with E-state index in [9.17, 15) is 0 Å². The van der Waals surface area contributed by atoms with Crippen molar-refractivity contribution in [2.24, 2.45) is 0 Å². The van der Waals surface area contributed by atoms with Crippen LogP contribution in [-0.4, -0.2) is 0 Å². The molecule has 1 nitrogen and oxygen atoms in total. The Balaban J connectivity index is 1.23. The monoisotopic (exact) mass is 801 g/mol. The second-order valence-electron chi connectivity index (χ2n) is 20.2. The van der Waals surface area contributed by atoms with Crippen molar-refractivity contribution in [3.05, 3.63) is 161 Å². The van der Waals surface area contributed by atoms with Crippen LogP contribution < -0.4 is 4.90 Å². The third-order valence-electron chi connectivity index (χ3n) is 13.7. The molecule has 2 aliphatic carbocycles. The molecule has 2 heterocycles. The van der Waals surface area contributed by atoms with E-state index in [2.05, 4.69) is 202 Å². The molecule has 2 aliphatic rings. The molecule has 0 radical (unpaired) electrons. The molecule has 59 heavy (non-hydrogen) atoms. The van der Waals surface area contributed by atoms with Crippen LogP contribution in [0.25, 0.3) is 62.6 Å². The van der Waals surface area contributed by atoms with Crippen LogP contribution >= 0.6 is 22.7 Å². The second kappa shape index (κ2) is 12.2. The van der Waals surface area contributed by atoms with Gasteiger partial charge >= 0.3 is 0 Å². The zero-order valence-corrected chi connectivity index (χ0v) is 37.5. The van der Waals surface area contributed by atoms with Gasteiger partial charge in [-0.2, -0.15) is 0 Å². The van der Waals surface area contributed by atoms with Crippen LogP contribution in [0.4, 0.5) is 17.1 Å². The fourth-order valence-corrected chi connectivity index (χ4v) is 13.1. The molecule has 0 spiro atoms. The Labute approximate surface area is 357 Å². The van der Waals surface area contributed by atoms with Crippen molar-refractivity contribution in [3.8, 4) is 22.3 Å². The summed E-state index contributed by atoms with van der Waals surface area (Å²) < 4.78 is 5.43. The summed E-state index contributed by atoms with van der Waals surface area (Å²) in [7, 11) is 0. The molecule has 0 N–H and O–H groups in total. The Bertz CT molecular complexity index is 3240. The van der Waals surface area contributed by atoms with E-state index in [0.29, 0.717) is 0 Å². The fourth-order valence-electron chi connectivity index (χ4n) is 10.5. The standard InChI is InChI=1S/C56H51NS2/c1-53(2,3)32-28-39-49-47(59-52(39)44(29-32)54(4,5)6)27-26-42-51(49)50-41(56(42,9)10)19-15-20-45(50)57(34-23-25-38-37-17-12-14-21-46(37)58-48(38)31-34)33-22-24-36-35-16-11-13-18-40(35)55(7,8)43(36)30-33/h11-31H,1-10H3. The molecule has 3 heteroatoms. The highest BCUT2D eigenvalue weighted by atomic mass is 32.1. The number of thiophene rings is 2. The maximum atomic E-state index is 2.59. The molecule has 0 saturated carbocycles. The van der Waals surface area contributed by atoms with E-state index in [0.717, 1.165) is 0 Å². The highest BCUT2D eigenvalue weighted by molar-refractivity contribution is 7.26. The number of hydrogen-bond donors (Lipinski definition) is 0. The van der Waals surface area contributed by atoms with E-state index in [-0.39, 0.29) is 21.7 Å². The van der Waals surface area contributed by atoms with Gasteiger partial charge < -0.3 is 4.90 Å². The minimum absolute atomic E-state index is 0.00887. The van der Waals surface area contributed by atoms with Crippen LogP contribution in [-0.2, 0) is 21.7 Å². The summed E-state index contributed by atoms with van der Waals surface area (Å²) in [5.74, 6) is 0. The van der Waals surface area contributed by atoms with Crippen LogP contribution in [0.1, 0.15) is 103 Å². The van der Waals surface area contributed by atoms with Crippen molar-refractivity contribution >= 4 is 80.1 Å². The van der Waals surface area contributed by atoms with Gasteiger partial charge in [-0.3, -0.25) is 0 Å². The van der Waals surface area contributed by atoms with Gasteiger partial charge in [0.1, 0.15) is 0 Å². The maximum Gasteiger partial charge on any atom is 0.0543 e. The number of nitrogens with zero attached hydrogens (tertiary/aromatic N) is 1. The molecule has 0 fully saturated rings. The van der Waals surface area contributed by atoms with Gasteiger partial charge in [0, 0.05) is 68.1 Å². The first-order chi connectivity index (χ1) is 28.0. The van der Waals surface area contributed by atoms with Crippen molar-refractivity contribution in [1.82, 2.24) is 0 Å². The summed E-state index contributed by atoms with van der Waals surface area (Å²) in [6.07, 6.45) is 0. The zero-order valence-electron chi connectivity index (χ0n) is 35.9. The predicted octanol–water partition coefficient (Wildman–Crippen LogP) is 17.1. The fraction of sp³-hybridized carbons (Fsp3) is 0.250. The Morgan fingerprint density at radius 3 is 1.92 bits per heavy atom. The first-order valence-electron chi connectivity index (χ1n) is 21.2. The van der Waals surface area contributed by atoms with Crippen molar-refractivity contribution in [1.29, 1.82) is 0 Å². The van der Waals surface area contributed by atoms with Crippen molar-refractivity contribution in [3.63, 3.8) is 0 Å². The largest absolute Gasteiger partial charge is 0.310 e. The lowest BCUT2D eigenvalue weighted by molar-refractivity contribution is 0.573. The summed E-state index contributed by atoms with van der Waals surface area (Å²) in [6.45, 7) is 23.9. The molecule has 9 aromatic rings. The Kier molecular flexibility index (Phi) is 7.60. The van der Waals surface area contributed by atoms with Gasteiger partial charge in [-0.05, 0) is 109 Å². The molecule has 0 saturated heterocycles. The van der Waals surface area contributed by atoms with Crippen molar-refractivity contribution in [2.45, 2.75) is 90.9 Å². The van der Waals surface area contributed by atoms with Gasteiger partial charge in [0.25, 0.3) is 0 Å². The van der Waals surface area contributed by atoms with Gasteiger partial charge in [-0.15, -0.1) is 22.7 Å². The molecule has 0 amide bonds. The van der Waals surface area contributed by atoms with Crippen molar-refractivity contribution in [2.75, 3.05) is 4.90 Å². The highest BCUT2D eigenvalue weighted by Crippen LogP contribution is 2.59. The lowest BCUT2D eigenvalue weighted by Crippen LogP contribution is -2.17. The van der Waals surface area contributed by atoms with Crippen LogP contribution in [0.2, 0.25) is 0 Å². The lowest BCUT2D eigenvalue weighted by Gasteiger charge is -2.30. The smallest absolute Gasteiger partial charge is 0.0543 e. The van der Waals surface area contributed by atoms with E-state index in [1.54, 1.807) is 0 Å². The number of rotatable bonds is 3. The normalized spacial score (nSPS) is 15.2. The Hall–Kier alpha value is -5.22. The summed E-state index contributed by atoms with van der Waals surface area (Å²) >= 11 is 3.88. The second-order valence-corrected chi connectivity index (χ2v) is 22.3. The molecule has 0 aliphatic heterocycles. The molecule has 0 bridgehead atoms. The molecule has 7 aromatic carbocycles. The van der Waals surface area contributed by atoms with Gasteiger partial charge in [0.15, 0.2) is 0 Å². The highest BCUT2D eigenvalue weighted by Gasteiger charge is 2.41. The van der Waals surface area contributed by atoms with Gasteiger partial charge in [-0.25, -0.2) is 0 Å². The average molecular weight is 802 g/mol. The Morgan fingerprint density at radius 1 is 0.458 bits per heavy atom. The van der Waals surface area contributed by atoms with E-state index < -0.39 is 0 Å². The van der Waals surface area contributed by atoms with Crippen LogP contribution in [0.5, 0.6) is 0 Å². The molecule has 11 rings (SSSR count). The third-order valence-corrected chi connectivity index (χ3v) is 16.1. The quantitative estimate of drug-likeness (QED) is 0.172. The molecule has 0 unspecified atom stereocenters. The number of hydrogen-bond acceptors (Lipinski definition) is 3. The Morgan fingerprint density at radius 2 is 1.12 bits per heavy atom. The predicted molar refractivity (Wildman–Crippen MR) is 259 cm³/mol. The van der Waals surface area contributed by atoms with E-state index >= 15 is 0 Å². The van der Waals surface area contributed by atoms with E-state index in [1.165, 1.54) is 113 Å². The lowest BCUT2D eigenvalue weighted by atomic mass is 9.79. The summed E-state index contributed by atoms with van der Waals surface area (Å²) in [4.78, 5) is 2.59. The van der Waals surface area contributed by atoms with Crippen LogP contribution in [0.15, 0.2) is 127 Å². The number of anilines is 3. The summed E-state index contributed by atoms with van der Waals surface area (Å²) in [5.41, 5.74) is 17.2. The number of benzene rings is 7. The average Bonchev–Trinajstić information content (AvgIpc) is 3.89. The SMILES string of the molecule is CC(C)(C)c1cc(C(C)(C)C)c2sc3ccc4c(c3c2c1)-c1c(N(c2ccc3c(c2)C(C)(C)c2ccccc2-3)c2ccc3c(c2)sc2ccccc23)cccc1C4(C)C. The van der Waals surface area contributed by atoms with Crippen molar-refractivity contribution < 1.29 is 0 Å². The van der Waals surface area contributed by atoms with Crippen LogP contribution in [0, 0.1) is 0 Å². The molecule has 292 valence electrons. The van der Waals surface area contributed by atoms with E-state index in [4.69, 9.17) is 0 Å². The third kappa shape index (κ3) is 5.20. The van der Waals surface area contributed by atoms with E-state index in [1.807, 2.05) is 22.7 Å².